The molecular formula is C19H20N4O5S2. The van der Waals surface area contributed by atoms with Crippen LogP contribution in [0, 0.1) is 0 Å². The van der Waals surface area contributed by atoms with E-state index in [1.54, 1.807) is 6.07 Å². The van der Waals surface area contributed by atoms with Crippen LogP contribution in [0.15, 0.2) is 55.9 Å². The molecule has 0 spiro atoms. The zero-order valence-corrected chi connectivity index (χ0v) is 17.8. The highest BCUT2D eigenvalue weighted by molar-refractivity contribution is 7.89. The molecule has 11 heteroatoms. The van der Waals surface area contributed by atoms with Crippen molar-refractivity contribution in [3.8, 4) is 10.8 Å². The van der Waals surface area contributed by atoms with Crippen LogP contribution in [0.1, 0.15) is 25.8 Å². The van der Waals surface area contributed by atoms with Crippen molar-refractivity contribution in [2.75, 3.05) is 18.4 Å². The third-order valence-electron chi connectivity index (χ3n) is 4.87. The molecule has 1 atom stereocenters. The van der Waals surface area contributed by atoms with Crippen LogP contribution in [-0.2, 0) is 14.8 Å². The number of benzene rings is 1. The zero-order chi connectivity index (χ0) is 21.3. The molecular weight excluding hydrogens is 428 g/mol. The lowest BCUT2D eigenvalue weighted by atomic mass is 10.3. The molecule has 1 aliphatic heterocycles. The van der Waals surface area contributed by atoms with E-state index < -0.39 is 27.7 Å². The minimum Gasteiger partial charge on any atom is -0.387 e. The zero-order valence-electron chi connectivity index (χ0n) is 16.1. The van der Waals surface area contributed by atoms with E-state index in [1.165, 1.54) is 46.8 Å². The number of sulfonamides is 1. The predicted octanol–water partition coefficient (Wildman–Crippen LogP) is 2.55. The van der Waals surface area contributed by atoms with E-state index >= 15 is 0 Å². The Morgan fingerprint density at radius 1 is 1.20 bits per heavy atom. The number of hydrogen-bond acceptors (Lipinski definition) is 7. The number of aromatic nitrogens is 2. The third-order valence-corrected chi connectivity index (χ3v) is 7.64. The van der Waals surface area contributed by atoms with Gasteiger partial charge in [0.15, 0.2) is 0 Å². The standard InChI is InChI=1S/C19H20N4O5S2/c1-13(23-19(25)28-18(21-23)16-5-4-12-29-16)17(24)20-14-6-8-15(9-7-14)30(26,27)22-10-2-3-11-22/h4-9,12-13H,2-3,10-11H2,1H3,(H,20,24)/t13-/m0/s1. The normalized spacial score (nSPS) is 15.9. The molecule has 2 aromatic heterocycles. The van der Waals surface area contributed by atoms with Gasteiger partial charge in [-0.1, -0.05) is 6.07 Å². The summed E-state index contributed by atoms with van der Waals surface area (Å²) in [6.45, 7) is 2.58. The number of carbonyl (C=O) groups is 1. The number of hydrogen-bond donors (Lipinski definition) is 1. The van der Waals surface area contributed by atoms with Gasteiger partial charge in [-0.25, -0.2) is 13.2 Å². The van der Waals surface area contributed by atoms with Crippen molar-refractivity contribution in [3.63, 3.8) is 0 Å². The first kappa shape index (κ1) is 20.5. The second-order valence-electron chi connectivity index (χ2n) is 6.90. The monoisotopic (exact) mass is 448 g/mol. The first-order valence-corrected chi connectivity index (χ1v) is 11.7. The molecule has 1 aromatic carbocycles. The Kier molecular flexibility index (Phi) is 5.58. The fraction of sp³-hybridized carbons (Fsp3) is 0.316. The van der Waals surface area contributed by atoms with Gasteiger partial charge in [0.1, 0.15) is 6.04 Å². The van der Waals surface area contributed by atoms with Crippen LogP contribution in [0.4, 0.5) is 5.69 Å². The van der Waals surface area contributed by atoms with Crippen molar-refractivity contribution in [1.29, 1.82) is 0 Å². The van der Waals surface area contributed by atoms with E-state index in [-0.39, 0.29) is 10.8 Å². The smallest absolute Gasteiger partial charge is 0.387 e. The van der Waals surface area contributed by atoms with Crippen molar-refractivity contribution in [1.82, 2.24) is 14.1 Å². The summed E-state index contributed by atoms with van der Waals surface area (Å²) in [5.74, 6) is -1.04. The van der Waals surface area contributed by atoms with Crippen LogP contribution in [0.2, 0.25) is 0 Å². The average molecular weight is 449 g/mol. The summed E-state index contributed by atoms with van der Waals surface area (Å²) in [5.41, 5.74) is 0.419. The SMILES string of the molecule is C[C@@H](C(=O)Nc1ccc(S(=O)(=O)N2CCCC2)cc1)n1nc(-c2cccs2)oc1=O. The molecule has 4 rings (SSSR count). The van der Waals surface area contributed by atoms with E-state index in [2.05, 4.69) is 10.4 Å². The lowest BCUT2D eigenvalue weighted by Crippen LogP contribution is -2.30. The van der Waals surface area contributed by atoms with Crippen LogP contribution < -0.4 is 11.1 Å². The van der Waals surface area contributed by atoms with E-state index in [1.807, 2.05) is 11.4 Å². The van der Waals surface area contributed by atoms with Crippen molar-refractivity contribution in [3.05, 3.63) is 52.3 Å². The maximum atomic E-state index is 12.6. The highest BCUT2D eigenvalue weighted by Crippen LogP contribution is 2.24. The molecule has 1 fully saturated rings. The summed E-state index contributed by atoms with van der Waals surface area (Å²) in [4.78, 5) is 25.5. The number of amides is 1. The molecule has 1 aliphatic rings. The second kappa shape index (κ2) is 8.17. The van der Waals surface area contributed by atoms with Gasteiger partial charge in [0, 0.05) is 18.8 Å². The highest BCUT2D eigenvalue weighted by atomic mass is 32.2. The first-order valence-electron chi connectivity index (χ1n) is 9.41. The highest BCUT2D eigenvalue weighted by Gasteiger charge is 2.27. The molecule has 0 bridgehead atoms. The molecule has 1 saturated heterocycles. The van der Waals surface area contributed by atoms with Gasteiger partial charge >= 0.3 is 5.76 Å². The maximum absolute atomic E-state index is 12.6. The summed E-state index contributed by atoms with van der Waals surface area (Å²) in [6, 6.07) is 8.64. The number of carbonyl (C=O) groups excluding carboxylic acids is 1. The van der Waals surface area contributed by atoms with Crippen LogP contribution in [0.5, 0.6) is 0 Å². The van der Waals surface area contributed by atoms with Crippen molar-refractivity contribution >= 4 is 33.0 Å². The summed E-state index contributed by atoms with van der Waals surface area (Å²) >= 11 is 1.37. The molecule has 30 heavy (non-hydrogen) atoms. The molecule has 1 amide bonds. The number of nitrogens with one attached hydrogen (secondary N) is 1. The minimum absolute atomic E-state index is 0.158. The molecule has 3 heterocycles. The molecule has 0 radical (unpaired) electrons. The van der Waals surface area contributed by atoms with Gasteiger partial charge in [-0.2, -0.15) is 8.99 Å². The summed E-state index contributed by atoms with van der Waals surface area (Å²) in [7, 11) is -3.51. The molecule has 3 aromatic rings. The predicted molar refractivity (Wildman–Crippen MR) is 112 cm³/mol. The third kappa shape index (κ3) is 3.95. The maximum Gasteiger partial charge on any atom is 0.438 e. The Bertz CT molecular complexity index is 1190. The molecule has 1 N–H and O–H groups in total. The number of rotatable bonds is 6. The number of thiophene rings is 1. The van der Waals surface area contributed by atoms with E-state index in [9.17, 15) is 18.0 Å². The average Bonchev–Trinajstić information content (AvgIpc) is 3.49. The van der Waals surface area contributed by atoms with Gasteiger partial charge in [0.25, 0.3) is 5.89 Å². The van der Waals surface area contributed by atoms with Gasteiger partial charge in [0.05, 0.1) is 9.77 Å². The van der Waals surface area contributed by atoms with Crippen LogP contribution in [0.3, 0.4) is 0 Å². The van der Waals surface area contributed by atoms with Crippen molar-refractivity contribution < 1.29 is 17.6 Å². The Morgan fingerprint density at radius 3 is 2.53 bits per heavy atom. The number of nitrogens with zero attached hydrogens (tertiary/aromatic N) is 3. The molecule has 0 unspecified atom stereocenters. The number of anilines is 1. The van der Waals surface area contributed by atoms with Gasteiger partial charge in [-0.3, -0.25) is 4.79 Å². The van der Waals surface area contributed by atoms with Crippen molar-refractivity contribution in [2.24, 2.45) is 0 Å². The van der Waals surface area contributed by atoms with E-state index in [0.29, 0.717) is 23.7 Å². The molecule has 9 nitrogen and oxygen atoms in total. The summed E-state index contributed by atoms with van der Waals surface area (Å²) < 4.78 is 32.7. The molecule has 158 valence electrons. The van der Waals surface area contributed by atoms with Crippen LogP contribution in [-0.4, -0.2) is 41.5 Å². The second-order valence-corrected chi connectivity index (χ2v) is 9.78. The Hall–Kier alpha value is -2.76. The summed E-state index contributed by atoms with van der Waals surface area (Å²) in [5, 5.41) is 8.61. The Labute approximate surface area is 177 Å². The topological polar surface area (TPSA) is 115 Å². The van der Waals surface area contributed by atoms with Gasteiger partial charge in [0.2, 0.25) is 15.9 Å². The lowest BCUT2D eigenvalue weighted by molar-refractivity contribution is -0.119. The summed E-state index contributed by atoms with van der Waals surface area (Å²) in [6.07, 6.45) is 1.72. The fourth-order valence-electron chi connectivity index (χ4n) is 3.18. The molecule has 0 aliphatic carbocycles. The van der Waals surface area contributed by atoms with Gasteiger partial charge in [-0.15, -0.1) is 16.4 Å². The molecule has 0 saturated carbocycles. The fourth-order valence-corrected chi connectivity index (χ4v) is 5.34. The van der Waals surface area contributed by atoms with Crippen LogP contribution >= 0.6 is 11.3 Å². The van der Waals surface area contributed by atoms with Gasteiger partial charge < -0.3 is 9.73 Å². The van der Waals surface area contributed by atoms with Gasteiger partial charge in [-0.05, 0) is 55.5 Å². The van der Waals surface area contributed by atoms with E-state index in [4.69, 9.17) is 4.42 Å². The quantitative estimate of drug-likeness (QED) is 0.620. The van der Waals surface area contributed by atoms with Crippen LogP contribution in [0.25, 0.3) is 10.8 Å². The largest absolute Gasteiger partial charge is 0.438 e. The minimum atomic E-state index is -3.51. The van der Waals surface area contributed by atoms with E-state index in [0.717, 1.165) is 17.5 Å². The Balaban J connectivity index is 1.47. The van der Waals surface area contributed by atoms with Crippen molar-refractivity contribution in [2.45, 2.75) is 30.7 Å². The Morgan fingerprint density at radius 2 is 1.90 bits per heavy atom. The lowest BCUT2D eigenvalue weighted by Gasteiger charge is -2.16. The first-order chi connectivity index (χ1) is 14.4.